The number of para-hydroxylation sites is 2. The zero-order valence-corrected chi connectivity index (χ0v) is 15.1. The maximum Gasteiger partial charge on any atom is 0.283 e. The van der Waals surface area contributed by atoms with Gasteiger partial charge >= 0.3 is 0 Å². The lowest BCUT2D eigenvalue weighted by Gasteiger charge is -2.07. The van der Waals surface area contributed by atoms with Gasteiger partial charge in [0.05, 0.1) is 25.7 Å². The van der Waals surface area contributed by atoms with E-state index < -0.39 is 4.92 Å². The molecule has 8 heteroatoms. The van der Waals surface area contributed by atoms with Gasteiger partial charge in [0.25, 0.3) is 11.6 Å². The summed E-state index contributed by atoms with van der Waals surface area (Å²) in [5, 5.41) is 13.7. The van der Waals surface area contributed by atoms with E-state index in [2.05, 4.69) is 10.3 Å². The predicted octanol–water partition coefficient (Wildman–Crippen LogP) is 4.56. The minimum absolute atomic E-state index is 0.0347. The molecule has 4 aromatic rings. The first-order valence-corrected chi connectivity index (χ1v) is 8.93. The van der Waals surface area contributed by atoms with E-state index in [1.54, 1.807) is 25.4 Å². The summed E-state index contributed by atoms with van der Waals surface area (Å²) in [4.78, 5) is 28.0. The Bertz CT molecular complexity index is 1160. The number of nitrogens with one attached hydrogen (secondary N) is 1. The summed E-state index contributed by atoms with van der Waals surface area (Å²) in [6, 6.07) is 16.5. The second-order valence-electron chi connectivity index (χ2n) is 5.91. The lowest BCUT2D eigenvalue weighted by Crippen LogP contribution is -2.10. The molecule has 0 aliphatic heterocycles. The molecule has 0 aliphatic carbocycles. The molecular weight excluding hydrogens is 364 g/mol. The third-order valence-corrected chi connectivity index (χ3v) is 5.21. The van der Waals surface area contributed by atoms with Crippen molar-refractivity contribution in [3.05, 3.63) is 80.8 Å². The maximum atomic E-state index is 12.4. The molecule has 0 fully saturated rings. The fourth-order valence-corrected chi connectivity index (χ4v) is 3.71. The van der Waals surface area contributed by atoms with Crippen molar-refractivity contribution in [2.45, 2.75) is 6.92 Å². The van der Waals surface area contributed by atoms with Gasteiger partial charge in [-0.3, -0.25) is 19.5 Å². The molecule has 134 valence electrons. The molecule has 0 saturated carbocycles. The van der Waals surface area contributed by atoms with Gasteiger partial charge in [-0.25, -0.2) is 4.98 Å². The first kappa shape index (κ1) is 16.9. The molecule has 1 amide bonds. The van der Waals surface area contributed by atoms with Crippen molar-refractivity contribution in [1.29, 1.82) is 0 Å². The molecule has 7 nitrogen and oxygen atoms in total. The summed E-state index contributed by atoms with van der Waals surface area (Å²) < 4.78 is 1.97. The number of hydrogen-bond donors (Lipinski definition) is 1. The van der Waals surface area contributed by atoms with Gasteiger partial charge in [0.2, 0.25) is 0 Å². The SMILES string of the molecule is Cc1sc(C(=O)Nc2ccc(-n3cnc4ccccc43)cc2)cc1[N+](=O)[O-]. The molecule has 2 aromatic carbocycles. The molecule has 0 radical (unpaired) electrons. The second kappa shape index (κ2) is 6.65. The van der Waals surface area contributed by atoms with E-state index in [4.69, 9.17) is 0 Å². The van der Waals surface area contributed by atoms with Gasteiger partial charge in [-0.15, -0.1) is 11.3 Å². The Hall–Kier alpha value is -3.52. The van der Waals surface area contributed by atoms with Crippen LogP contribution in [0.3, 0.4) is 0 Å². The van der Waals surface area contributed by atoms with E-state index in [-0.39, 0.29) is 11.6 Å². The lowest BCUT2D eigenvalue weighted by atomic mass is 10.2. The van der Waals surface area contributed by atoms with Crippen LogP contribution in [-0.4, -0.2) is 20.4 Å². The summed E-state index contributed by atoms with van der Waals surface area (Å²) in [6.45, 7) is 1.63. The summed E-state index contributed by atoms with van der Waals surface area (Å²) in [5.74, 6) is -0.364. The highest BCUT2D eigenvalue weighted by atomic mass is 32.1. The van der Waals surface area contributed by atoms with Crippen molar-refractivity contribution < 1.29 is 9.72 Å². The normalized spacial score (nSPS) is 10.9. The van der Waals surface area contributed by atoms with Gasteiger partial charge in [-0.2, -0.15) is 0 Å². The fourth-order valence-electron chi connectivity index (χ4n) is 2.83. The third kappa shape index (κ3) is 3.18. The number of hydrogen-bond acceptors (Lipinski definition) is 5. The van der Waals surface area contributed by atoms with Gasteiger partial charge in [0.1, 0.15) is 6.33 Å². The number of rotatable bonds is 4. The first-order valence-electron chi connectivity index (χ1n) is 8.11. The molecular formula is C19H14N4O3S. The summed E-state index contributed by atoms with van der Waals surface area (Å²) in [5.41, 5.74) is 3.40. The molecule has 2 aromatic heterocycles. The summed E-state index contributed by atoms with van der Waals surface area (Å²) in [6.07, 6.45) is 1.76. The van der Waals surface area contributed by atoms with Gasteiger partial charge in [0.15, 0.2) is 0 Å². The highest BCUT2D eigenvalue weighted by Crippen LogP contribution is 2.28. The van der Waals surface area contributed by atoms with Crippen LogP contribution in [-0.2, 0) is 0 Å². The fraction of sp³-hybridized carbons (Fsp3) is 0.0526. The number of aryl methyl sites for hydroxylation is 1. The number of carbonyl (C=O) groups is 1. The average Bonchev–Trinajstić information content (AvgIpc) is 3.26. The van der Waals surface area contributed by atoms with Gasteiger partial charge in [-0.05, 0) is 43.3 Å². The molecule has 0 bridgehead atoms. The van der Waals surface area contributed by atoms with Crippen molar-refractivity contribution in [3.63, 3.8) is 0 Å². The number of thiophene rings is 1. The smallest absolute Gasteiger partial charge is 0.283 e. The predicted molar refractivity (Wildman–Crippen MR) is 105 cm³/mol. The van der Waals surface area contributed by atoms with Crippen molar-refractivity contribution in [3.8, 4) is 5.69 Å². The van der Waals surface area contributed by atoms with Crippen LogP contribution in [0.5, 0.6) is 0 Å². The number of anilines is 1. The molecule has 0 atom stereocenters. The van der Waals surface area contributed by atoms with Crippen molar-refractivity contribution >= 4 is 39.7 Å². The molecule has 2 heterocycles. The molecule has 0 aliphatic rings. The number of nitrogens with zero attached hydrogens (tertiary/aromatic N) is 3. The number of benzene rings is 2. The van der Waals surface area contributed by atoms with Gasteiger partial charge < -0.3 is 5.32 Å². The minimum atomic E-state index is -0.479. The Morgan fingerprint density at radius 2 is 1.93 bits per heavy atom. The first-order chi connectivity index (χ1) is 13.0. The molecule has 1 N–H and O–H groups in total. The van der Waals surface area contributed by atoms with Crippen LogP contribution in [0, 0.1) is 17.0 Å². The van der Waals surface area contributed by atoms with Crippen LogP contribution in [0.15, 0.2) is 60.9 Å². The van der Waals surface area contributed by atoms with Crippen LogP contribution in [0.4, 0.5) is 11.4 Å². The Morgan fingerprint density at radius 1 is 1.19 bits per heavy atom. The van der Waals surface area contributed by atoms with Crippen molar-refractivity contribution in [1.82, 2.24) is 9.55 Å². The number of carbonyl (C=O) groups excluding carboxylic acids is 1. The molecule has 4 rings (SSSR count). The van der Waals surface area contributed by atoms with E-state index >= 15 is 0 Å². The zero-order valence-electron chi connectivity index (χ0n) is 14.2. The third-order valence-electron chi connectivity index (χ3n) is 4.17. The number of imidazole rings is 1. The topological polar surface area (TPSA) is 90.1 Å². The highest BCUT2D eigenvalue weighted by Gasteiger charge is 2.19. The Morgan fingerprint density at radius 3 is 2.63 bits per heavy atom. The Balaban J connectivity index is 1.55. The second-order valence-corrected chi connectivity index (χ2v) is 7.17. The molecule has 0 saturated heterocycles. The van der Waals surface area contributed by atoms with Crippen LogP contribution in [0.1, 0.15) is 14.5 Å². The number of nitro groups is 1. The van der Waals surface area contributed by atoms with E-state index in [0.717, 1.165) is 28.1 Å². The lowest BCUT2D eigenvalue weighted by molar-refractivity contribution is -0.385. The molecule has 0 spiro atoms. The standard InChI is InChI=1S/C19H14N4O3S/c1-12-17(23(25)26)10-18(27-12)19(24)21-13-6-8-14(9-7-13)22-11-20-15-4-2-3-5-16(15)22/h2-11H,1H3,(H,21,24). The van der Waals surface area contributed by atoms with Crippen molar-refractivity contribution in [2.75, 3.05) is 5.32 Å². The van der Waals surface area contributed by atoms with Crippen LogP contribution < -0.4 is 5.32 Å². The average molecular weight is 378 g/mol. The summed E-state index contributed by atoms with van der Waals surface area (Å²) in [7, 11) is 0. The van der Waals surface area contributed by atoms with Crippen LogP contribution in [0.25, 0.3) is 16.7 Å². The van der Waals surface area contributed by atoms with E-state index in [1.807, 2.05) is 41.0 Å². The van der Waals surface area contributed by atoms with E-state index in [9.17, 15) is 14.9 Å². The van der Waals surface area contributed by atoms with Crippen LogP contribution in [0.2, 0.25) is 0 Å². The van der Waals surface area contributed by atoms with Crippen LogP contribution >= 0.6 is 11.3 Å². The largest absolute Gasteiger partial charge is 0.321 e. The molecule has 27 heavy (non-hydrogen) atoms. The number of fused-ring (bicyclic) bond motifs is 1. The van der Waals surface area contributed by atoms with E-state index in [1.165, 1.54) is 6.07 Å². The summed E-state index contributed by atoms with van der Waals surface area (Å²) >= 11 is 1.11. The number of amides is 1. The zero-order chi connectivity index (χ0) is 19.0. The van der Waals surface area contributed by atoms with Crippen molar-refractivity contribution in [2.24, 2.45) is 0 Å². The van der Waals surface area contributed by atoms with Gasteiger partial charge in [0, 0.05) is 17.4 Å². The highest BCUT2D eigenvalue weighted by molar-refractivity contribution is 7.14. The number of aromatic nitrogens is 2. The van der Waals surface area contributed by atoms with Gasteiger partial charge in [-0.1, -0.05) is 12.1 Å². The van der Waals surface area contributed by atoms with E-state index in [0.29, 0.717) is 15.4 Å². The quantitative estimate of drug-likeness (QED) is 0.416. The molecule has 0 unspecified atom stereocenters. The monoisotopic (exact) mass is 378 g/mol. The minimum Gasteiger partial charge on any atom is -0.321 e. The Kier molecular flexibility index (Phi) is 4.17. The maximum absolute atomic E-state index is 12.4. The Labute approximate surface area is 158 Å².